The molecule has 11 nitrogen and oxygen atoms in total. The summed E-state index contributed by atoms with van der Waals surface area (Å²) >= 11 is 0. The number of hydrogen-bond donors (Lipinski definition) is 3. The molecule has 1 aliphatic rings. The first-order valence-electron chi connectivity index (χ1n) is 10.1. The number of aromatic amines is 1. The van der Waals surface area contributed by atoms with Crippen LogP contribution < -0.4 is 10.1 Å². The lowest BCUT2D eigenvalue weighted by molar-refractivity contribution is 0.250. The molecule has 0 unspecified atom stereocenters. The summed E-state index contributed by atoms with van der Waals surface area (Å²) in [5.74, 6) is 1.17. The van der Waals surface area contributed by atoms with Gasteiger partial charge in [-0.25, -0.2) is 13.4 Å². The Morgan fingerprint density at radius 2 is 2.13 bits per heavy atom. The molecule has 1 fully saturated rings. The molecule has 0 atom stereocenters. The Morgan fingerprint density at radius 1 is 1.30 bits per heavy atom. The zero-order chi connectivity index (χ0) is 20.9. The van der Waals surface area contributed by atoms with Crippen LogP contribution in [0.15, 0.2) is 18.6 Å². The molecule has 0 saturated carbocycles. The fraction of sp³-hybridized carbons (Fsp3) is 0.556. The smallest absolute Gasteiger partial charge is 0.244 e. The number of aromatic nitrogens is 6. The number of hydrogen-bond acceptors (Lipinski definition) is 9. The summed E-state index contributed by atoms with van der Waals surface area (Å²) in [5, 5.41) is 14.8. The van der Waals surface area contributed by atoms with Gasteiger partial charge in [0.1, 0.15) is 5.69 Å². The minimum atomic E-state index is -2.38. The van der Waals surface area contributed by atoms with Crippen LogP contribution in [0, 0.1) is 0 Å². The highest BCUT2D eigenvalue weighted by Crippen LogP contribution is 2.28. The molecule has 0 bridgehead atoms. The van der Waals surface area contributed by atoms with E-state index in [1.54, 1.807) is 23.1 Å². The third kappa shape index (κ3) is 4.70. The Balaban J connectivity index is 1.54. The zero-order valence-corrected chi connectivity index (χ0v) is 17.7. The first-order valence-corrected chi connectivity index (χ1v) is 11.5. The molecule has 4 heterocycles. The summed E-state index contributed by atoms with van der Waals surface area (Å²) in [4.78, 5) is 11.0. The molecule has 2 N–H and O–H groups in total. The van der Waals surface area contributed by atoms with Crippen LogP contribution in [0.2, 0.25) is 0 Å². The van der Waals surface area contributed by atoms with Crippen molar-refractivity contribution in [3.63, 3.8) is 0 Å². The van der Waals surface area contributed by atoms with Gasteiger partial charge in [0.15, 0.2) is 16.4 Å². The van der Waals surface area contributed by atoms with E-state index in [9.17, 15) is 8.42 Å². The van der Waals surface area contributed by atoms with Gasteiger partial charge in [-0.1, -0.05) is 13.3 Å². The summed E-state index contributed by atoms with van der Waals surface area (Å²) in [7, 11) is -2.38. The van der Waals surface area contributed by atoms with E-state index in [1.807, 2.05) is 4.90 Å². The molecule has 0 spiro atoms. The summed E-state index contributed by atoms with van der Waals surface area (Å²) in [5.41, 5.74) is 2.07. The van der Waals surface area contributed by atoms with Crippen molar-refractivity contribution in [2.24, 2.45) is 0 Å². The monoisotopic (exact) mass is 434 g/mol. The van der Waals surface area contributed by atoms with Gasteiger partial charge in [-0.2, -0.15) is 14.6 Å². The van der Waals surface area contributed by atoms with Crippen molar-refractivity contribution in [2.75, 3.05) is 30.9 Å². The second-order valence-corrected chi connectivity index (χ2v) is 8.27. The van der Waals surface area contributed by atoms with E-state index in [0.717, 1.165) is 44.3 Å². The maximum atomic E-state index is 10.9. The Morgan fingerprint density at radius 3 is 2.83 bits per heavy atom. The van der Waals surface area contributed by atoms with Crippen molar-refractivity contribution in [3.05, 3.63) is 18.6 Å². The number of fused-ring (bicyclic) bond motifs is 1. The van der Waals surface area contributed by atoms with Crippen molar-refractivity contribution < 1.29 is 13.2 Å². The van der Waals surface area contributed by atoms with Gasteiger partial charge in [0.05, 0.1) is 24.9 Å². The average molecular weight is 435 g/mol. The molecule has 0 radical (unpaired) electrons. The molecule has 0 amide bonds. The van der Waals surface area contributed by atoms with E-state index >= 15 is 0 Å². The Bertz CT molecular complexity index is 1030. The molecule has 30 heavy (non-hydrogen) atoms. The van der Waals surface area contributed by atoms with Crippen molar-refractivity contribution in [2.45, 2.75) is 38.6 Å². The molecule has 3 aromatic heterocycles. The van der Waals surface area contributed by atoms with E-state index < -0.39 is 10.7 Å². The van der Waals surface area contributed by atoms with E-state index in [1.165, 1.54) is 0 Å². The number of H-pyrrole nitrogens is 1. The van der Waals surface area contributed by atoms with Crippen LogP contribution >= 0.6 is 0 Å². The highest BCUT2D eigenvalue weighted by molar-refractivity contribution is 7.72. The maximum absolute atomic E-state index is 10.9. The molecule has 0 aromatic carbocycles. The lowest BCUT2D eigenvalue weighted by Crippen LogP contribution is -2.40. The third-order valence-electron chi connectivity index (χ3n) is 5.08. The normalized spacial score (nSPS) is 15.8. The van der Waals surface area contributed by atoms with Gasteiger partial charge in [0, 0.05) is 30.9 Å². The summed E-state index contributed by atoms with van der Waals surface area (Å²) in [6.45, 7) is 4.13. The molecular weight excluding hydrogens is 408 g/mol. The third-order valence-corrected chi connectivity index (χ3v) is 5.71. The minimum Gasteiger partial charge on any atom is -0.476 e. The van der Waals surface area contributed by atoms with Gasteiger partial charge in [-0.3, -0.25) is 10.00 Å². The second-order valence-electron chi connectivity index (χ2n) is 7.32. The quantitative estimate of drug-likeness (QED) is 0.335. The van der Waals surface area contributed by atoms with Crippen LogP contribution in [0.1, 0.15) is 32.6 Å². The number of rotatable bonds is 9. The number of likely N-dealkylation sites (tertiary alicyclic amines) is 1. The number of thiol groups is 1. The van der Waals surface area contributed by atoms with E-state index in [2.05, 4.69) is 37.5 Å². The highest BCUT2D eigenvalue weighted by Gasteiger charge is 2.22. The molecule has 1 saturated heterocycles. The topological polar surface area (TPSA) is 130 Å². The maximum Gasteiger partial charge on any atom is 0.244 e. The minimum absolute atomic E-state index is 0.121. The van der Waals surface area contributed by atoms with Crippen molar-refractivity contribution >= 4 is 22.3 Å². The van der Waals surface area contributed by atoms with Crippen LogP contribution in [-0.4, -0.2) is 74.7 Å². The largest absolute Gasteiger partial charge is 0.476 e. The summed E-state index contributed by atoms with van der Waals surface area (Å²) in [6.07, 6.45) is 8.73. The Hall–Kier alpha value is -2.73. The lowest BCUT2D eigenvalue weighted by Gasteiger charge is -2.30. The number of nitrogens with one attached hydrogen (secondary N) is 2. The van der Waals surface area contributed by atoms with Gasteiger partial charge in [0.25, 0.3) is 0 Å². The number of nitrogens with zero attached hydrogens (tertiary/aromatic N) is 6. The van der Waals surface area contributed by atoms with Gasteiger partial charge in [0.2, 0.25) is 11.8 Å². The first kappa shape index (κ1) is 20.5. The van der Waals surface area contributed by atoms with Crippen molar-refractivity contribution in [1.29, 1.82) is 0 Å². The first-order chi connectivity index (χ1) is 14.6. The van der Waals surface area contributed by atoms with Crippen LogP contribution in [0.25, 0.3) is 16.9 Å². The van der Waals surface area contributed by atoms with E-state index in [4.69, 9.17) is 4.74 Å². The Labute approximate surface area is 175 Å². The average Bonchev–Trinajstić information content (AvgIpc) is 3.39. The van der Waals surface area contributed by atoms with Gasteiger partial charge >= 0.3 is 0 Å². The van der Waals surface area contributed by atoms with Crippen molar-refractivity contribution in [3.8, 4) is 17.1 Å². The fourth-order valence-electron chi connectivity index (χ4n) is 3.48. The fourth-order valence-corrected chi connectivity index (χ4v) is 4.09. The number of anilines is 1. The molecule has 4 rings (SSSR count). The standard InChI is InChI=1S/C18H26N8O3S/c1-2-3-8-29-17-16(13-9-20-21-10-13)19-11-15-23-18(24-26(15)17)22-14-4-6-25(7-5-14)12-30(27)28/h9-11,14,30H,2-8,12H2,1H3,(H,20,21)(H,22,24). The molecule has 1 aliphatic heterocycles. The van der Waals surface area contributed by atoms with Crippen LogP contribution in [0.4, 0.5) is 5.95 Å². The summed E-state index contributed by atoms with van der Waals surface area (Å²) < 4.78 is 29.5. The van der Waals surface area contributed by atoms with Crippen LogP contribution in [0.3, 0.4) is 0 Å². The van der Waals surface area contributed by atoms with Gasteiger partial charge in [-0.05, 0) is 19.3 Å². The molecular formula is C18H26N8O3S. The molecule has 12 heteroatoms. The van der Waals surface area contributed by atoms with E-state index in [-0.39, 0.29) is 11.9 Å². The lowest BCUT2D eigenvalue weighted by atomic mass is 10.1. The van der Waals surface area contributed by atoms with Crippen LogP contribution in [0.5, 0.6) is 5.88 Å². The number of ether oxygens (including phenoxy) is 1. The molecule has 3 aromatic rings. The van der Waals surface area contributed by atoms with E-state index in [0.29, 0.717) is 29.8 Å². The predicted molar refractivity (Wildman–Crippen MR) is 112 cm³/mol. The summed E-state index contributed by atoms with van der Waals surface area (Å²) in [6, 6.07) is 0.189. The number of unbranched alkanes of at least 4 members (excludes halogenated alkanes) is 1. The molecule has 162 valence electrons. The zero-order valence-electron chi connectivity index (χ0n) is 16.8. The second kappa shape index (κ2) is 9.39. The van der Waals surface area contributed by atoms with Crippen LogP contribution in [-0.2, 0) is 10.7 Å². The highest BCUT2D eigenvalue weighted by atomic mass is 32.2. The Kier molecular flexibility index (Phi) is 6.43. The number of piperidine rings is 1. The van der Waals surface area contributed by atoms with Gasteiger partial charge < -0.3 is 10.1 Å². The SMILES string of the molecule is CCCCOc1c(-c2cn[nH]c2)ncc2nc(NC3CCN(C[SH](=O)=O)CC3)nn12. The van der Waals surface area contributed by atoms with Crippen molar-refractivity contribution in [1.82, 2.24) is 34.7 Å². The van der Waals surface area contributed by atoms with Gasteiger partial charge in [-0.15, -0.1) is 5.10 Å². The molecule has 0 aliphatic carbocycles. The predicted octanol–water partition coefficient (Wildman–Crippen LogP) is 1.14.